The number of aromatic nitrogens is 3. The van der Waals surface area contributed by atoms with Crippen LogP contribution in [0.15, 0.2) is 35.1 Å². The molecule has 1 unspecified atom stereocenters. The van der Waals surface area contributed by atoms with E-state index in [9.17, 15) is 14.0 Å². The number of amides is 1. The minimum absolute atomic E-state index is 0.0186. The Kier molecular flexibility index (Phi) is 5.52. The number of H-pyrrole nitrogens is 1. The standard InChI is InChI=1S/C23H20ClF3N4O2/c24-15-3-4-16(17(25)10-15)14-8-18(26)21(19(27)9-14)31-20(28-29-23(31)33)7-12-5-6-30(11-12)22(32)13-1-2-13/h3-4,8-10,12-13H,1-2,5-7,11H2,(H,29,33). The van der Waals surface area contributed by atoms with E-state index in [4.69, 9.17) is 11.6 Å². The van der Waals surface area contributed by atoms with Crippen molar-refractivity contribution in [1.29, 1.82) is 0 Å². The molecule has 0 bridgehead atoms. The van der Waals surface area contributed by atoms with Crippen LogP contribution in [-0.4, -0.2) is 38.7 Å². The molecule has 1 aliphatic heterocycles. The molecule has 1 N–H and O–H groups in total. The largest absolute Gasteiger partial charge is 0.348 e. The van der Waals surface area contributed by atoms with Gasteiger partial charge in [-0.05, 0) is 61.1 Å². The van der Waals surface area contributed by atoms with Crippen LogP contribution >= 0.6 is 11.6 Å². The molecule has 6 nitrogen and oxygen atoms in total. The Balaban J connectivity index is 1.44. The second-order valence-corrected chi connectivity index (χ2v) is 9.05. The molecule has 1 aliphatic carbocycles. The van der Waals surface area contributed by atoms with E-state index in [1.165, 1.54) is 12.1 Å². The van der Waals surface area contributed by atoms with E-state index in [1.54, 1.807) is 0 Å². The number of nitrogens with zero attached hydrogens (tertiary/aromatic N) is 3. The second kappa shape index (κ2) is 8.37. The van der Waals surface area contributed by atoms with E-state index >= 15 is 8.78 Å². The molecular formula is C23H20ClF3N4O2. The fourth-order valence-corrected chi connectivity index (χ4v) is 4.56. The van der Waals surface area contributed by atoms with Gasteiger partial charge in [0.05, 0.1) is 0 Å². The molecule has 10 heteroatoms. The summed E-state index contributed by atoms with van der Waals surface area (Å²) in [4.78, 5) is 26.5. The van der Waals surface area contributed by atoms with Crippen LogP contribution in [0, 0.1) is 29.3 Å². The van der Waals surface area contributed by atoms with Crippen LogP contribution in [0.2, 0.25) is 5.02 Å². The summed E-state index contributed by atoms with van der Waals surface area (Å²) in [6.07, 6.45) is 2.85. The topological polar surface area (TPSA) is 71.0 Å². The molecule has 1 saturated heterocycles. The minimum Gasteiger partial charge on any atom is -0.342 e. The number of benzene rings is 2. The predicted molar refractivity (Wildman–Crippen MR) is 116 cm³/mol. The van der Waals surface area contributed by atoms with Gasteiger partial charge in [0.15, 0.2) is 11.6 Å². The number of nitrogens with one attached hydrogen (secondary N) is 1. The third-order valence-corrected chi connectivity index (χ3v) is 6.45. The molecule has 2 heterocycles. The van der Waals surface area contributed by atoms with Gasteiger partial charge < -0.3 is 4.90 Å². The van der Waals surface area contributed by atoms with Crippen molar-refractivity contribution in [3.63, 3.8) is 0 Å². The summed E-state index contributed by atoms with van der Waals surface area (Å²) in [6.45, 7) is 1.15. The Morgan fingerprint density at radius 3 is 2.48 bits per heavy atom. The predicted octanol–water partition coefficient (Wildman–Crippen LogP) is 4.10. The number of carbonyl (C=O) groups excluding carboxylic acids is 1. The molecule has 1 aromatic heterocycles. The minimum atomic E-state index is -1.03. The number of carbonyl (C=O) groups is 1. The maximum absolute atomic E-state index is 15.1. The summed E-state index contributed by atoms with van der Waals surface area (Å²) >= 11 is 5.75. The van der Waals surface area contributed by atoms with Crippen LogP contribution < -0.4 is 5.69 Å². The molecule has 3 aromatic rings. The van der Waals surface area contributed by atoms with Crippen molar-refractivity contribution >= 4 is 17.5 Å². The molecular weight excluding hydrogens is 457 g/mol. The summed E-state index contributed by atoms with van der Waals surface area (Å²) in [7, 11) is 0. The van der Waals surface area contributed by atoms with E-state index < -0.39 is 28.8 Å². The van der Waals surface area contributed by atoms with E-state index in [0.29, 0.717) is 13.1 Å². The first-order valence-corrected chi connectivity index (χ1v) is 11.1. The Hall–Kier alpha value is -3.07. The van der Waals surface area contributed by atoms with Gasteiger partial charge >= 0.3 is 5.69 Å². The van der Waals surface area contributed by atoms with Crippen molar-refractivity contribution < 1.29 is 18.0 Å². The van der Waals surface area contributed by atoms with Crippen LogP contribution in [0.25, 0.3) is 16.8 Å². The highest BCUT2D eigenvalue weighted by atomic mass is 35.5. The quantitative estimate of drug-likeness (QED) is 0.602. The van der Waals surface area contributed by atoms with E-state index in [1.807, 2.05) is 4.90 Å². The highest BCUT2D eigenvalue weighted by molar-refractivity contribution is 6.30. The third kappa shape index (κ3) is 4.17. The fraction of sp³-hybridized carbons (Fsp3) is 0.348. The average molecular weight is 477 g/mol. The highest BCUT2D eigenvalue weighted by Gasteiger charge is 2.37. The van der Waals surface area contributed by atoms with Gasteiger partial charge in [0.1, 0.15) is 17.3 Å². The number of hydrogen-bond acceptors (Lipinski definition) is 3. The lowest BCUT2D eigenvalue weighted by Crippen LogP contribution is -2.30. The van der Waals surface area contributed by atoms with Crippen LogP contribution in [0.5, 0.6) is 0 Å². The number of hydrogen-bond donors (Lipinski definition) is 1. The third-order valence-electron chi connectivity index (χ3n) is 6.22. The van der Waals surface area contributed by atoms with Crippen LogP contribution in [0.1, 0.15) is 25.1 Å². The summed E-state index contributed by atoms with van der Waals surface area (Å²) in [5.74, 6) is -2.30. The summed E-state index contributed by atoms with van der Waals surface area (Å²) < 4.78 is 45.2. The molecule has 2 aliphatic rings. The van der Waals surface area contributed by atoms with Gasteiger partial charge in [-0.1, -0.05) is 11.6 Å². The first-order chi connectivity index (χ1) is 15.8. The molecule has 2 fully saturated rings. The molecule has 0 radical (unpaired) electrons. The first-order valence-electron chi connectivity index (χ1n) is 10.7. The van der Waals surface area contributed by atoms with Crippen molar-refractivity contribution in [2.75, 3.05) is 13.1 Å². The van der Waals surface area contributed by atoms with Crippen molar-refractivity contribution in [2.24, 2.45) is 11.8 Å². The highest BCUT2D eigenvalue weighted by Crippen LogP contribution is 2.34. The lowest BCUT2D eigenvalue weighted by molar-refractivity contribution is -0.131. The van der Waals surface area contributed by atoms with Gasteiger partial charge in [-0.3, -0.25) is 4.79 Å². The monoisotopic (exact) mass is 476 g/mol. The van der Waals surface area contributed by atoms with E-state index in [0.717, 1.165) is 42.0 Å². The summed E-state index contributed by atoms with van der Waals surface area (Å²) in [5.41, 5.74) is -1.40. The Bertz CT molecular complexity index is 1280. The first kappa shape index (κ1) is 21.8. The number of rotatable bonds is 5. The Labute approximate surface area is 192 Å². The molecule has 33 heavy (non-hydrogen) atoms. The van der Waals surface area contributed by atoms with Crippen LogP contribution in [-0.2, 0) is 11.2 Å². The zero-order valence-corrected chi connectivity index (χ0v) is 18.2. The summed E-state index contributed by atoms with van der Waals surface area (Å²) in [6, 6.07) is 5.74. The van der Waals surface area contributed by atoms with Crippen molar-refractivity contribution in [3.05, 3.63) is 69.1 Å². The molecule has 1 saturated carbocycles. The SMILES string of the molecule is O=C(C1CC1)N1CCC(Cc2n[nH]c(=O)n2-c2c(F)cc(-c3ccc(Cl)cc3F)cc2F)C1. The lowest BCUT2D eigenvalue weighted by atomic mass is 10.0. The second-order valence-electron chi connectivity index (χ2n) is 8.61. The van der Waals surface area contributed by atoms with Crippen molar-refractivity contribution in [2.45, 2.75) is 25.7 Å². The lowest BCUT2D eigenvalue weighted by Gasteiger charge is -2.16. The van der Waals surface area contributed by atoms with Crippen LogP contribution in [0.4, 0.5) is 13.2 Å². The van der Waals surface area contributed by atoms with Gasteiger partial charge in [-0.25, -0.2) is 27.6 Å². The van der Waals surface area contributed by atoms with Gasteiger partial charge in [0.2, 0.25) is 5.91 Å². The number of aromatic amines is 1. The van der Waals surface area contributed by atoms with Gasteiger partial charge in [-0.2, -0.15) is 5.10 Å². The smallest absolute Gasteiger partial charge is 0.342 e. The summed E-state index contributed by atoms with van der Waals surface area (Å²) in [5, 5.41) is 6.39. The maximum Gasteiger partial charge on any atom is 0.348 e. The maximum atomic E-state index is 15.1. The fourth-order valence-electron chi connectivity index (χ4n) is 4.40. The van der Waals surface area contributed by atoms with Gasteiger partial charge in [-0.15, -0.1) is 0 Å². The number of likely N-dealkylation sites (tertiary alicyclic amines) is 1. The van der Waals surface area contributed by atoms with E-state index in [-0.39, 0.29) is 46.1 Å². The van der Waals surface area contributed by atoms with Crippen LogP contribution in [0.3, 0.4) is 0 Å². The number of halogens is 4. The molecule has 2 aromatic carbocycles. The molecule has 0 spiro atoms. The van der Waals surface area contributed by atoms with Gasteiger partial charge in [0, 0.05) is 36.0 Å². The van der Waals surface area contributed by atoms with E-state index in [2.05, 4.69) is 10.2 Å². The molecule has 5 rings (SSSR count). The van der Waals surface area contributed by atoms with Crippen molar-refractivity contribution in [3.8, 4) is 16.8 Å². The normalized spacial score (nSPS) is 18.2. The van der Waals surface area contributed by atoms with Crippen molar-refractivity contribution in [1.82, 2.24) is 19.7 Å². The molecule has 172 valence electrons. The zero-order valence-electron chi connectivity index (χ0n) is 17.5. The molecule has 1 amide bonds. The Morgan fingerprint density at radius 1 is 1.09 bits per heavy atom. The van der Waals surface area contributed by atoms with Gasteiger partial charge in [0.25, 0.3) is 0 Å². The Morgan fingerprint density at radius 2 is 1.82 bits per heavy atom. The molecule has 1 atom stereocenters. The zero-order chi connectivity index (χ0) is 23.3. The average Bonchev–Trinajstić information content (AvgIpc) is 3.42.